The topological polar surface area (TPSA) is 48.1 Å². The molecule has 0 radical (unpaired) electrons. The Labute approximate surface area is 125 Å². The summed E-state index contributed by atoms with van der Waals surface area (Å²) in [5.41, 5.74) is 8.08. The van der Waals surface area contributed by atoms with Gasteiger partial charge in [-0.1, -0.05) is 27.5 Å². The van der Waals surface area contributed by atoms with Gasteiger partial charge in [0.05, 0.1) is 23.9 Å². The highest BCUT2D eigenvalue weighted by molar-refractivity contribution is 9.10. The molecule has 0 amide bonds. The molecule has 0 spiro atoms. The summed E-state index contributed by atoms with van der Waals surface area (Å²) in [6.07, 6.45) is 2.28. The van der Waals surface area contributed by atoms with Crippen LogP contribution < -0.4 is 10.5 Å². The van der Waals surface area contributed by atoms with Crippen molar-refractivity contribution in [1.82, 2.24) is 4.98 Å². The maximum atomic E-state index is 6.17. The van der Waals surface area contributed by atoms with Crippen LogP contribution in [0.3, 0.4) is 0 Å². The van der Waals surface area contributed by atoms with E-state index in [1.165, 1.54) is 0 Å². The van der Waals surface area contributed by atoms with E-state index in [9.17, 15) is 0 Å². The smallest absolute Gasteiger partial charge is 0.119 e. The summed E-state index contributed by atoms with van der Waals surface area (Å²) >= 11 is 9.33. The van der Waals surface area contributed by atoms with Crippen molar-refractivity contribution in [3.63, 3.8) is 0 Å². The molecule has 1 atom stereocenters. The maximum absolute atomic E-state index is 6.17. The molecule has 0 aliphatic carbocycles. The van der Waals surface area contributed by atoms with Crippen molar-refractivity contribution in [2.45, 2.75) is 12.5 Å². The Morgan fingerprint density at radius 2 is 2.16 bits per heavy atom. The number of methoxy groups -OCH3 is 1. The Bertz CT molecular complexity index is 560. The van der Waals surface area contributed by atoms with Crippen LogP contribution in [0.2, 0.25) is 5.02 Å². The maximum Gasteiger partial charge on any atom is 0.119 e. The molecule has 0 aliphatic rings. The van der Waals surface area contributed by atoms with E-state index in [0.717, 1.165) is 21.5 Å². The first-order valence-electron chi connectivity index (χ1n) is 5.79. The van der Waals surface area contributed by atoms with Gasteiger partial charge in [0.2, 0.25) is 0 Å². The van der Waals surface area contributed by atoms with Crippen molar-refractivity contribution in [3.05, 3.63) is 57.3 Å². The first kappa shape index (κ1) is 14.3. The molecule has 0 fully saturated rings. The van der Waals surface area contributed by atoms with E-state index in [4.69, 9.17) is 22.1 Å². The predicted octanol–water partition coefficient (Wildman–Crippen LogP) is 3.75. The van der Waals surface area contributed by atoms with E-state index in [-0.39, 0.29) is 6.04 Å². The average Bonchev–Trinajstić information content (AvgIpc) is 2.42. The summed E-state index contributed by atoms with van der Waals surface area (Å²) < 4.78 is 6.23. The highest BCUT2D eigenvalue weighted by Crippen LogP contribution is 2.26. The summed E-state index contributed by atoms with van der Waals surface area (Å²) in [6.45, 7) is 0. The van der Waals surface area contributed by atoms with Gasteiger partial charge in [-0.3, -0.25) is 4.98 Å². The fourth-order valence-corrected chi connectivity index (χ4v) is 2.30. The SMILES string of the molecule is COc1ccc(Br)c(CC(N)c2ccc(Cl)cn2)c1. The molecule has 1 aromatic heterocycles. The number of hydrogen-bond acceptors (Lipinski definition) is 3. The Balaban J connectivity index is 2.18. The number of nitrogens with zero attached hydrogens (tertiary/aromatic N) is 1. The number of aromatic nitrogens is 1. The van der Waals surface area contributed by atoms with Crippen LogP contribution in [0.25, 0.3) is 0 Å². The average molecular weight is 342 g/mol. The largest absolute Gasteiger partial charge is 0.497 e. The van der Waals surface area contributed by atoms with E-state index in [1.54, 1.807) is 19.4 Å². The highest BCUT2D eigenvalue weighted by Gasteiger charge is 2.11. The van der Waals surface area contributed by atoms with Gasteiger partial charge in [0.15, 0.2) is 0 Å². The van der Waals surface area contributed by atoms with E-state index in [1.807, 2.05) is 24.3 Å². The van der Waals surface area contributed by atoms with Crippen molar-refractivity contribution in [1.29, 1.82) is 0 Å². The first-order valence-corrected chi connectivity index (χ1v) is 6.96. The second-order valence-electron chi connectivity index (χ2n) is 4.17. The quantitative estimate of drug-likeness (QED) is 0.921. The van der Waals surface area contributed by atoms with Crippen LogP contribution in [-0.4, -0.2) is 12.1 Å². The molecule has 3 nitrogen and oxygen atoms in total. The zero-order valence-corrected chi connectivity index (χ0v) is 12.8. The van der Waals surface area contributed by atoms with Gasteiger partial charge in [-0.15, -0.1) is 0 Å². The van der Waals surface area contributed by atoms with Gasteiger partial charge < -0.3 is 10.5 Å². The molecule has 100 valence electrons. The van der Waals surface area contributed by atoms with Gasteiger partial charge in [-0.2, -0.15) is 0 Å². The molecule has 2 N–H and O–H groups in total. The Morgan fingerprint density at radius 3 is 2.79 bits per heavy atom. The Hall–Kier alpha value is -1.10. The fraction of sp³-hybridized carbons (Fsp3) is 0.214. The van der Waals surface area contributed by atoms with Crippen LogP contribution in [-0.2, 0) is 6.42 Å². The molecule has 2 rings (SSSR count). The molecule has 0 bridgehead atoms. The molecule has 19 heavy (non-hydrogen) atoms. The van der Waals surface area contributed by atoms with E-state index in [0.29, 0.717) is 11.4 Å². The monoisotopic (exact) mass is 340 g/mol. The molecule has 5 heteroatoms. The van der Waals surface area contributed by atoms with Crippen LogP contribution >= 0.6 is 27.5 Å². The lowest BCUT2D eigenvalue weighted by Gasteiger charge is -2.13. The standard InChI is InChI=1S/C14H14BrClN2O/c1-19-11-3-4-12(15)9(6-11)7-13(17)14-5-2-10(16)8-18-14/h2-6,8,13H,7,17H2,1H3. The minimum Gasteiger partial charge on any atom is -0.497 e. The zero-order chi connectivity index (χ0) is 13.8. The van der Waals surface area contributed by atoms with E-state index >= 15 is 0 Å². The number of pyridine rings is 1. The molecular weight excluding hydrogens is 328 g/mol. The predicted molar refractivity (Wildman–Crippen MR) is 80.6 cm³/mol. The Kier molecular flexibility index (Phi) is 4.80. The number of rotatable bonds is 4. The molecule has 1 aromatic carbocycles. The summed E-state index contributed by atoms with van der Waals surface area (Å²) in [4.78, 5) is 4.24. The third kappa shape index (κ3) is 3.69. The molecule has 1 unspecified atom stereocenters. The fourth-order valence-electron chi connectivity index (χ4n) is 1.78. The molecule has 0 saturated carbocycles. The second-order valence-corrected chi connectivity index (χ2v) is 5.46. The molecule has 0 aliphatic heterocycles. The lowest BCUT2D eigenvalue weighted by molar-refractivity contribution is 0.414. The summed E-state index contributed by atoms with van der Waals surface area (Å²) in [6, 6.07) is 9.29. The summed E-state index contributed by atoms with van der Waals surface area (Å²) in [5.74, 6) is 0.814. The third-order valence-electron chi connectivity index (χ3n) is 2.82. The lowest BCUT2D eigenvalue weighted by atomic mass is 10.0. The third-order valence-corrected chi connectivity index (χ3v) is 3.82. The highest BCUT2D eigenvalue weighted by atomic mass is 79.9. The number of nitrogens with two attached hydrogens (primary N) is 1. The minimum atomic E-state index is -0.180. The number of ether oxygens (including phenoxy) is 1. The normalized spacial score (nSPS) is 12.2. The number of halogens is 2. The van der Waals surface area contributed by atoms with Gasteiger partial charge in [0, 0.05) is 10.7 Å². The van der Waals surface area contributed by atoms with Gasteiger partial charge in [-0.05, 0) is 42.3 Å². The minimum absolute atomic E-state index is 0.180. The van der Waals surface area contributed by atoms with Crippen LogP contribution in [0, 0.1) is 0 Å². The van der Waals surface area contributed by atoms with Crippen molar-refractivity contribution in [2.75, 3.05) is 7.11 Å². The Morgan fingerprint density at radius 1 is 1.37 bits per heavy atom. The summed E-state index contributed by atoms with van der Waals surface area (Å²) in [7, 11) is 1.65. The second kappa shape index (κ2) is 6.37. The number of hydrogen-bond donors (Lipinski definition) is 1. The van der Waals surface area contributed by atoms with Gasteiger partial charge in [0.1, 0.15) is 5.75 Å². The van der Waals surface area contributed by atoms with E-state index < -0.39 is 0 Å². The molecule has 0 saturated heterocycles. The van der Waals surface area contributed by atoms with Crippen molar-refractivity contribution < 1.29 is 4.74 Å². The van der Waals surface area contributed by atoms with E-state index in [2.05, 4.69) is 20.9 Å². The van der Waals surface area contributed by atoms with Crippen LogP contribution in [0.4, 0.5) is 0 Å². The van der Waals surface area contributed by atoms with Crippen molar-refractivity contribution in [2.24, 2.45) is 5.73 Å². The van der Waals surface area contributed by atoms with Crippen molar-refractivity contribution >= 4 is 27.5 Å². The summed E-state index contributed by atoms with van der Waals surface area (Å²) in [5, 5.41) is 0.610. The zero-order valence-electron chi connectivity index (χ0n) is 10.4. The van der Waals surface area contributed by atoms with Crippen LogP contribution in [0.1, 0.15) is 17.3 Å². The van der Waals surface area contributed by atoms with Gasteiger partial charge in [0.25, 0.3) is 0 Å². The van der Waals surface area contributed by atoms with Crippen LogP contribution in [0.5, 0.6) is 5.75 Å². The van der Waals surface area contributed by atoms with Gasteiger partial charge >= 0.3 is 0 Å². The first-order chi connectivity index (χ1) is 9.10. The van der Waals surface area contributed by atoms with Gasteiger partial charge in [-0.25, -0.2) is 0 Å². The molecule has 2 aromatic rings. The number of benzene rings is 1. The molecule has 1 heterocycles. The van der Waals surface area contributed by atoms with Crippen LogP contribution in [0.15, 0.2) is 41.0 Å². The molecular formula is C14H14BrClN2O. The van der Waals surface area contributed by atoms with Crippen molar-refractivity contribution in [3.8, 4) is 5.75 Å². The lowest BCUT2D eigenvalue weighted by Crippen LogP contribution is -2.15.